The second kappa shape index (κ2) is 7.49. The molecule has 0 bridgehead atoms. The molecule has 0 aliphatic carbocycles. The van der Waals surface area contributed by atoms with E-state index in [9.17, 15) is 9.59 Å². The number of anilines is 2. The largest absolute Gasteiger partial charge is 0.273 e. The molecule has 0 saturated carbocycles. The van der Waals surface area contributed by atoms with E-state index in [0.29, 0.717) is 11.4 Å². The number of hydrogen-bond acceptors (Lipinski definition) is 4. The molecule has 0 unspecified atom stereocenters. The van der Waals surface area contributed by atoms with E-state index < -0.39 is 12.0 Å². The molecule has 2 aliphatic heterocycles. The third-order valence-corrected chi connectivity index (χ3v) is 6.35. The predicted octanol–water partition coefficient (Wildman–Crippen LogP) is 4.99. The second-order valence-corrected chi connectivity index (χ2v) is 8.91. The van der Waals surface area contributed by atoms with Crippen LogP contribution in [0.1, 0.15) is 5.56 Å². The summed E-state index contributed by atoms with van der Waals surface area (Å²) in [7, 11) is 0. The molecule has 2 aliphatic rings. The minimum atomic E-state index is -0.706. The van der Waals surface area contributed by atoms with Gasteiger partial charge in [0.25, 0.3) is 5.91 Å². The van der Waals surface area contributed by atoms with Gasteiger partial charge in [-0.05, 0) is 54.1 Å². The molecular formula is C23H15Br2N3O2. The summed E-state index contributed by atoms with van der Waals surface area (Å²) in [4.78, 5) is 28.2. The average Bonchev–Trinajstić information content (AvgIpc) is 3.27. The van der Waals surface area contributed by atoms with Gasteiger partial charge in [-0.2, -0.15) is 5.10 Å². The van der Waals surface area contributed by atoms with Crippen LogP contribution in [0.3, 0.4) is 0 Å². The van der Waals surface area contributed by atoms with Crippen LogP contribution in [0.15, 0.2) is 92.9 Å². The molecule has 0 N–H and O–H groups in total. The molecule has 0 aromatic heterocycles. The van der Waals surface area contributed by atoms with Crippen molar-refractivity contribution in [2.75, 3.05) is 9.91 Å². The van der Waals surface area contributed by atoms with Gasteiger partial charge in [-0.25, -0.2) is 4.90 Å². The lowest BCUT2D eigenvalue weighted by Gasteiger charge is -2.22. The zero-order chi connectivity index (χ0) is 20.8. The number of amides is 2. The Balaban J connectivity index is 1.63. The number of rotatable bonds is 3. The lowest BCUT2D eigenvalue weighted by molar-refractivity contribution is -0.121. The Hall–Kier alpha value is -2.77. The maximum absolute atomic E-state index is 13.5. The molecule has 2 heterocycles. The molecule has 1 saturated heterocycles. The van der Waals surface area contributed by atoms with Crippen molar-refractivity contribution >= 4 is 60.8 Å². The van der Waals surface area contributed by atoms with Gasteiger partial charge in [0.15, 0.2) is 0 Å². The summed E-state index contributed by atoms with van der Waals surface area (Å²) in [6.45, 7) is 0. The predicted molar refractivity (Wildman–Crippen MR) is 124 cm³/mol. The first-order valence-electron chi connectivity index (χ1n) is 9.37. The van der Waals surface area contributed by atoms with Crippen LogP contribution < -0.4 is 9.91 Å². The van der Waals surface area contributed by atoms with Crippen molar-refractivity contribution in [3.8, 4) is 0 Å². The van der Waals surface area contributed by atoms with E-state index >= 15 is 0 Å². The van der Waals surface area contributed by atoms with Gasteiger partial charge >= 0.3 is 0 Å². The van der Waals surface area contributed by atoms with Gasteiger partial charge in [-0.1, -0.05) is 62.2 Å². The van der Waals surface area contributed by atoms with Gasteiger partial charge in [-0.15, -0.1) is 0 Å². The minimum absolute atomic E-state index is 0.257. The summed E-state index contributed by atoms with van der Waals surface area (Å²) < 4.78 is 1.82. The molecule has 3 aromatic carbocycles. The van der Waals surface area contributed by atoms with Gasteiger partial charge in [-0.3, -0.25) is 14.6 Å². The fraction of sp³-hybridized carbons (Fsp3) is 0.0870. The number of hydrogen-bond donors (Lipinski definition) is 0. The number of hydrazone groups is 1. The Morgan fingerprint density at radius 1 is 0.700 bits per heavy atom. The molecule has 2 amide bonds. The van der Waals surface area contributed by atoms with E-state index in [-0.39, 0.29) is 11.8 Å². The number of fused-ring (bicyclic) bond motifs is 1. The summed E-state index contributed by atoms with van der Waals surface area (Å²) >= 11 is 6.84. The van der Waals surface area contributed by atoms with E-state index in [1.165, 1.54) is 4.90 Å². The quantitative estimate of drug-likeness (QED) is 0.453. The summed E-state index contributed by atoms with van der Waals surface area (Å²) in [5.74, 6) is -1.19. The van der Waals surface area contributed by atoms with Crippen LogP contribution >= 0.6 is 31.9 Å². The van der Waals surface area contributed by atoms with E-state index in [1.54, 1.807) is 17.1 Å². The number of nitrogens with zero attached hydrogens (tertiary/aromatic N) is 3. The Morgan fingerprint density at radius 2 is 1.30 bits per heavy atom. The topological polar surface area (TPSA) is 53.0 Å². The monoisotopic (exact) mass is 523 g/mol. The Kier molecular flexibility index (Phi) is 4.79. The average molecular weight is 525 g/mol. The zero-order valence-electron chi connectivity index (χ0n) is 15.6. The van der Waals surface area contributed by atoms with Gasteiger partial charge in [0.05, 0.1) is 17.1 Å². The summed E-state index contributed by atoms with van der Waals surface area (Å²) in [5, 5.41) is 6.43. The molecule has 5 rings (SSSR count). The summed E-state index contributed by atoms with van der Waals surface area (Å²) in [5.41, 5.74) is 2.77. The third-order valence-electron chi connectivity index (χ3n) is 5.29. The van der Waals surface area contributed by atoms with Crippen LogP contribution in [-0.4, -0.2) is 23.6 Å². The van der Waals surface area contributed by atoms with Crippen molar-refractivity contribution in [3.05, 3.63) is 93.4 Å². The van der Waals surface area contributed by atoms with Crippen molar-refractivity contribution in [2.24, 2.45) is 11.0 Å². The second-order valence-electron chi connectivity index (χ2n) is 7.08. The molecule has 1 fully saturated rings. The Bertz CT molecular complexity index is 1160. The minimum Gasteiger partial charge on any atom is -0.273 e. The van der Waals surface area contributed by atoms with E-state index in [1.807, 2.05) is 66.7 Å². The molecule has 0 radical (unpaired) electrons. The highest BCUT2D eigenvalue weighted by Gasteiger charge is 2.57. The summed E-state index contributed by atoms with van der Waals surface area (Å²) in [6, 6.07) is 23.6. The fourth-order valence-electron chi connectivity index (χ4n) is 3.91. The molecule has 0 spiro atoms. The van der Waals surface area contributed by atoms with Crippen LogP contribution in [-0.2, 0) is 9.59 Å². The molecule has 2 atom stereocenters. The van der Waals surface area contributed by atoms with E-state index in [2.05, 4.69) is 31.9 Å². The standard InChI is InChI=1S/C23H15Br2N3O2/c24-15-8-6-14(7-9-15)20-19-21(28(26-20)18-4-2-1-3-5-18)23(30)27(22(19)29)17-12-10-16(25)11-13-17/h1-13,19,21H/t19-,21-/m0/s1. The number of carbonyl (C=O) groups excluding carboxylic acids is 2. The fourth-order valence-corrected chi connectivity index (χ4v) is 4.44. The lowest BCUT2D eigenvalue weighted by atomic mass is 9.93. The SMILES string of the molecule is O=C1[C@H]2C(c3ccc(Br)cc3)=NN(c3ccccc3)[C@@H]2C(=O)N1c1ccc(Br)cc1. The van der Waals surface area contributed by atoms with Gasteiger partial charge < -0.3 is 0 Å². The van der Waals surface area contributed by atoms with Gasteiger partial charge in [0.2, 0.25) is 5.91 Å². The smallest absolute Gasteiger partial charge is 0.259 e. The Morgan fingerprint density at radius 3 is 1.93 bits per heavy atom. The Labute approximate surface area is 190 Å². The van der Waals surface area contributed by atoms with Crippen molar-refractivity contribution in [3.63, 3.8) is 0 Å². The van der Waals surface area contributed by atoms with Crippen molar-refractivity contribution in [1.82, 2.24) is 0 Å². The lowest BCUT2D eigenvalue weighted by Crippen LogP contribution is -2.39. The third kappa shape index (κ3) is 3.09. The van der Waals surface area contributed by atoms with Crippen LogP contribution in [0.4, 0.5) is 11.4 Å². The number of carbonyl (C=O) groups is 2. The van der Waals surface area contributed by atoms with Crippen LogP contribution in [0.25, 0.3) is 0 Å². The number of benzene rings is 3. The van der Waals surface area contributed by atoms with Crippen LogP contribution in [0, 0.1) is 5.92 Å². The molecule has 5 nitrogen and oxygen atoms in total. The normalized spacial score (nSPS) is 20.5. The number of para-hydroxylation sites is 1. The number of halogens is 2. The van der Waals surface area contributed by atoms with Gasteiger partial charge in [0, 0.05) is 8.95 Å². The summed E-state index contributed by atoms with van der Waals surface area (Å²) in [6.07, 6.45) is 0. The zero-order valence-corrected chi connectivity index (χ0v) is 18.7. The van der Waals surface area contributed by atoms with Crippen molar-refractivity contribution < 1.29 is 9.59 Å². The highest BCUT2D eigenvalue weighted by molar-refractivity contribution is 9.10. The molecule has 3 aromatic rings. The van der Waals surface area contributed by atoms with Crippen molar-refractivity contribution in [1.29, 1.82) is 0 Å². The van der Waals surface area contributed by atoms with E-state index in [0.717, 1.165) is 20.2 Å². The van der Waals surface area contributed by atoms with Crippen LogP contribution in [0.5, 0.6) is 0 Å². The highest BCUT2D eigenvalue weighted by Crippen LogP contribution is 2.39. The molecule has 148 valence electrons. The molecule has 30 heavy (non-hydrogen) atoms. The highest BCUT2D eigenvalue weighted by atomic mass is 79.9. The van der Waals surface area contributed by atoms with Crippen LogP contribution in [0.2, 0.25) is 0 Å². The first-order chi connectivity index (χ1) is 14.5. The first-order valence-corrected chi connectivity index (χ1v) is 11.0. The molecule has 7 heteroatoms. The first kappa shape index (κ1) is 19.2. The maximum Gasteiger partial charge on any atom is 0.259 e. The maximum atomic E-state index is 13.5. The number of imide groups is 1. The van der Waals surface area contributed by atoms with E-state index in [4.69, 9.17) is 5.10 Å². The van der Waals surface area contributed by atoms with Gasteiger partial charge in [0.1, 0.15) is 12.0 Å². The molecular weight excluding hydrogens is 510 g/mol. The van der Waals surface area contributed by atoms with Crippen molar-refractivity contribution in [2.45, 2.75) is 6.04 Å².